The molecule has 0 unspecified atom stereocenters. The monoisotopic (exact) mass is 283 g/mol. The number of aromatic carboxylic acids is 1. The van der Waals surface area contributed by atoms with Gasteiger partial charge in [-0.05, 0) is 30.2 Å². The Hall–Kier alpha value is -2.62. The predicted octanol–water partition coefficient (Wildman–Crippen LogP) is 3.52. The van der Waals surface area contributed by atoms with Crippen LogP contribution in [0.15, 0.2) is 54.6 Å². The second-order valence-electron chi connectivity index (χ2n) is 4.75. The van der Waals surface area contributed by atoms with Gasteiger partial charge in [-0.2, -0.15) is 0 Å². The number of hydrogen-bond donors (Lipinski definition) is 2. The molecule has 0 saturated carbocycles. The van der Waals surface area contributed by atoms with E-state index >= 15 is 0 Å². The maximum Gasteiger partial charge on any atom is 0.335 e. The topological polar surface area (TPSA) is 66.4 Å². The van der Waals surface area contributed by atoms with Crippen molar-refractivity contribution in [1.82, 2.24) is 0 Å². The van der Waals surface area contributed by atoms with E-state index in [2.05, 4.69) is 5.32 Å². The first-order chi connectivity index (χ1) is 10.1. The molecule has 2 aromatic rings. The molecule has 0 bridgehead atoms. The highest BCUT2D eigenvalue weighted by atomic mass is 16.4. The third-order valence-electron chi connectivity index (χ3n) is 3.30. The zero-order valence-electron chi connectivity index (χ0n) is 11.7. The Kier molecular flexibility index (Phi) is 4.72. The van der Waals surface area contributed by atoms with Crippen LogP contribution in [0, 0.1) is 0 Å². The molecule has 108 valence electrons. The molecule has 1 amide bonds. The number of carbonyl (C=O) groups excluding carboxylic acids is 1. The van der Waals surface area contributed by atoms with Gasteiger partial charge in [-0.15, -0.1) is 0 Å². The first-order valence-electron chi connectivity index (χ1n) is 6.81. The molecule has 0 aliphatic carbocycles. The van der Waals surface area contributed by atoms with Crippen molar-refractivity contribution >= 4 is 17.6 Å². The molecule has 0 spiro atoms. The second-order valence-corrected chi connectivity index (χ2v) is 4.75. The van der Waals surface area contributed by atoms with Crippen LogP contribution >= 0.6 is 0 Å². The second kappa shape index (κ2) is 6.70. The molecule has 0 heterocycles. The van der Waals surface area contributed by atoms with Gasteiger partial charge in [0, 0.05) is 5.69 Å². The molecule has 0 radical (unpaired) electrons. The van der Waals surface area contributed by atoms with E-state index in [4.69, 9.17) is 5.11 Å². The van der Waals surface area contributed by atoms with Crippen LogP contribution in [0.4, 0.5) is 5.69 Å². The van der Waals surface area contributed by atoms with Gasteiger partial charge in [0.15, 0.2) is 0 Å². The molecule has 2 N–H and O–H groups in total. The van der Waals surface area contributed by atoms with Crippen LogP contribution < -0.4 is 5.32 Å². The summed E-state index contributed by atoms with van der Waals surface area (Å²) in [7, 11) is 0. The van der Waals surface area contributed by atoms with Crippen molar-refractivity contribution in [2.24, 2.45) is 0 Å². The highest BCUT2D eigenvalue weighted by molar-refractivity contribution is 5.97. The Morgan fingerprint density at radius 3 is 2.43 bits per heavy atom. The largest absolute Gasteiger partial charge is 0.478 e. The summed E-state index contributed by atoms with van der Waals surface area (Å²) in [6, 6.07) is 15.8. The van der Waals surface area contributed by atoms with E-state index in [0.29, 0.717) is 12.1 Å². The van der Waals surface area contributed by atoms with Crippen molar-refractivity contribution in [1.29, 1.82) is 0 Å². The van der Waals surface area contributed by atoms with Crippen molar-refractivity contribution in [2.75, 3.05) is 5.32 Å². The van der Waals surface area contributed by atoms with Gasteiger partial charge in [0.2, 0.25) is 5.91 Å². The number of nitrogens with one attached hydrogen (secondary N) is 1. The molecule has 0 aliphatic rings. The van der Waals surface area contributed by atoms with Gasteiger partial charge >= 0.3 is 5.97 Å². The molecular formula is C17H17NO3. The van der Waals surface area contributed by atoms with Crippen molar-refractivity contribution in [3.63, 3.8) is 0 Å². The van der Waals surface area contributed by atoms with E-state index < -0.39 is 5.97 Å². The summed E-state index contributed by atoms with van der Waals surface area (Å²) in [6.07, 6.45) is 0.675. The first-order valence-corrected chi connectivity index (χ1v) is 6.81. The van der Waals surface area contributed by atoms with Crippen LogP contribution in [0.3, 0.4) is 0 Å². The quantitative estimate of drug-likeness (QED) is 0.882. The van der Waals surface area contributed by atoms with E-state index in [9.17, 15) is 9.59 Å². The molecule has 0 saturated heterocycles. The van der Waals surface area contributed by atoms with Crippen LogP contribution in [0.5, 0.6) is 0 Å². The van der Waals surface area contributed by atoms with Crippen LogP contribution in [-0.2, 0) is 4.79 Å². The molecule has 4 nitrogen and oxygen atoms in total. The van der Waals surface area contributed by atoms with E-state index in [1.165, 1.54) is 12.1 Å². The highest BCUT2D eigenvalue weighted by Crippen LogP contribution is 2.21. The summed E-state index contributed by atoms with van der Waals surface area (Å²) in [5.41, 5.74) is 1.60. The van der Waals surface area contributed by atoms with E-state index in [1.54, 1.807) is 12.1 Å². The summed E-state index contributed by atoms with van der Waals surface area (Å²) in [6.45, 7) is 1.95. The number of amides is 1. The van der Waals surface area contributed by atoms with E-state index in [-0.39, 0.29) is 17.4 Å². The van der Waals surface area contributed by atoms with Gasteiger partial charge in [0.1, 0.15) is 0 Å². The van der Waals surface area contributed by atoms with Crippen molar-refractivity contribution in [3.8, 4) is 0 Å². The number of carbonyl (C=O) groups is 2. The molecular weight excluding hydrogens is 266 g/mol. The lowest BCUT2D eigenvalue weighted by atomic mass is 9.95. The Labute approximate surface area is 123 Å². The minimum atomic E-state index is -1.01. The lowest BCUT2D eigenvalue weighted by molar-refractivity contribution is -0.117. The Balaban J connectivity index is 2.16. The summed E-state index contributed by atoms with van der Waals surface area (Å²) in [4.78, 5) is 23.3. The fraction of sp³-hybridized carbons (Fsp3) is 0.176. The molecule has 0 fully saturated rings. The van der Waals surface area contributed by atoms with E-state index in [0.717, 1.165) is 5.56 Å². The van der Waals surface area contributed by atoms with Gasteiger partial charge < -0.3 is 10.4 Å². The number of rotatable bonds is 5. The molecule has 21 heavy (non-hydrogen) atoms. The van der Waals surface area contributed by atoms with Crippen LogP contribution in [0.1, 0.15) is 35.2 Å². The van der Waals surface area contributed by atoms with Crippen LogP contribution in [0.2, 0.25) is 0 Å². The number of benzene rings is 2. The molecule has 1 atom stereocenters. The smallest absolute Gasteiger partial charge is 0.335 e. The average Bonchev–Trinajstić information content (AvgIpc) is 2.49. The predicted molar refractivity (Wildman–Crippen MR) is 81.5 cm³/mol. The van der Waals surface area contributed by atoms with Crippen molar-refractivity contribution in [3.05, 3.63) is 65.7 Å². The summed E-state index contributed by atoms with van der Waals surface area (Å²) in [5, 5.41) is 11.7. The summed E-state index contributed by atoms with van der Waals surface area (Å²) < 4.78 is 0. The summed E-state index contributed by atoms with van der Waals surface area (Å²) in [5.74, 6) is -1.40. The third-order valence-corrected chi connectivity index (χ3v) is 3.30. The van der Waals surface area contributed by atoms with Crippen LogP contribution in [-0.4, -0.2) is 17.0 Å². The number of carboxylic acid groups (broad SMARTS) is 1. The van der Waals surface area contributed by atoms with Crippen molar-refractivity contribution in [2.45, 2.75) is 19.3 Å². The average molecular weight is 283 g/mol. The number of anilines is 1. The number of hydrogen-bond acceptors (Lipinski definition) is 2. The molecule has 0 aromatic heterocycles. The molecule has 0 aliphatic heterocycles. The lowest BCUT2D eigenvalue weighted by Gasteiger charge is -2.15. The Bertz CT molecular complexity index is 637. The SMILES string of the molecule is CC[C@H](C(=O)Nc1cccc(C(=O)O)c1)c1ccccc1. The Morgan fingerprint density at radius 1 is 1.10 bits per heavy atom. The Morgan fingerprint density at radius 2 is 1.81 bits per heavy atom. The third kappa shape index (κ3) is 3.69. The maximum atomic E-state index is 12.4. The lowest BCUT2D eigenvalue weighted by Crippen LogP contribution is -2.20. The van der Waals surface area contributed by atoms with E-state index in [1.807, 2.05) is 37.3 Å². The van der Waals surface area contributed by atoms with Crippen molar-refractivity contribution < 1.29 is 14.7 Å². The minimum Gasteiger partial charge on any atom is -0.478 e. The van der Waals surface area contributed by atoms with Gasteiger partial charge in [-0.3, -0.25) is 4.79 Å². The van der Waals surface area contributed by atoms with Gasteiger partial charge in [0.25, 0.3) is 0 Å². The van der Waals surface area contributed by atoms with Gasteiger partial charge in [-0.1, -0.05) is 43.3 Å². The molecule has 4 heteroatoms. The minimum absolute atomic E-state index is 0.133. The maximum absolute atomic E-state index is 12.4. The number of carboxylic acids is 1. The first kappa shape index (κ1) is 14.8. The zero-order chi connectivity index (χ0) is 15.2. The summed E-state index contributed by atoms with van der Waals surface area (Å²) >= 11 is 0. The van der Waals surface area contributed by atoms with Crippen LogP contribution in [0.25, 0.3) is 0 Å². The molecule has 2 aromatic carbocycles. The van der Waals surface area contributed by atoms with Gasteiger partial charge in [-0.25, -0.2) is 4.79 Å². The van der Waals surface area contributed by atoms with Gasteiger partial charge in [0.05, 0.1) is 11.5 Å². The zero-order valence-corrected chi connectivity index (χ0v) is 11.7. The normalized spacial score (nSPS) is 11.7. The highest BCUT2D eigenvalue weighted by Gasteiger charge is 2.18. The fourth-order valence-electron chi connectivity index (χ4n) is 2.22. The fourth-order valence-corrected chi connectivity index (χ4v) is 2.22. The molecule has 2 rings (SSSR count). The standard InChI is InChI=1S/C17H17NO3/c1-2-15(12-7-4-3-5-8-12)16(19)18-14-10-6-9-13(11-14)17(20)21/h3-11,15H,2H2,1H3,(H,18,19)(H,20,21)/t15-/m0/s1.